The summed E-state index contributed by atoms with van der Waals surface area (Å²) in [4.78, 5) is 0. The maximum Gasteiger partial charge on any atom is 0.125 e. The summed E-state index contributed by atoms with van der Waals surface area (Å²) in [6.45, 7) is 7.85. The third kappa shape index (κ3) is 2.77. The normalized spacial score (nSPS) is 18.8. The predicted octanol–water partition coefficient (Wildman–Crippen LogP) is 2.71. The fourth-order valence-corrected chi connectivity index (χ4v) is 2.91. The quantitative estimate of drug-likeness (QED) is 0.888. The van der Waals surface area contributed by atoms with Crippen LogP contribution in [0.2, 0.25) is 0 Å². The van der Waals surface area contributed by atoms with Crippen LogP contribution in [0.15, 0.2) is 12.1 Å². The molecule has 19 heavy (non-hydrogen) atoms. The number of hydrogen-bond acceptors (Lipinski definition) is 3. The molecule has 1 heterocycles. The van der Waals surface area contributed by atoms with Crippen molar-refractivity contribution in [1.82, 2.24) is 0 Å². The summed E-state index contributed by atoms with van der Waals surface area (Å²) in [5.41, 5.74) is 9.78. The lowest BCUT2D eigenvalue weighted by molar-refractivity contribution is -0.0666. The third-order valence-electron chi connectivity index (χ3n) is 4.03. The molecule has 1 saturated heterocycles. The van der Waals surface area contributed by atoms with Crippen LogP contribution in [-0.4, -0.2) is 26.4 Å². The van der Waals surface area contributed by atoms with Gasteiger partial charge in [0.25, 0.3) is 0 Å². The molecule has 0 radical (unpaired) electrons. The van der Waals surface area contributed by atoms with Crippen molar-refractivity contribution < 1.29 is 9.47 Å². The van der Waals surface area contributed by atoms with Crippen molar-refractivity contribution in [3.05, 3.63) is 28.8 Å². The van der Waals surface area contributed by atoms with Crippen LogP contribution in [0.25, 0.3) is 0 Å². The molecule has 0 amide bonds. The zero-order valence-corrected chi connectivity index (χ0v) is 12.5. The second-order valence-corrected chi connectivity index (χ2v) is 5.95. The average Bonchev–Trinajstić information content (AvgIpc) is 2.26. The fraction of sp³-hybridized carbons (Fsp3) is 0.625. The van der Waals surface area contributed by atoms with Crippen LogP contribution >= 0.6 is 0 Å². The van der Waals surface area contributed by atoms with E-state index in [1.54, 1.807) is 7.11 Å². The molecule has 0 aromatic heterocycles. The Morgan fingerprint density at radius 1 is 1.37 bits per heavy atom. The SMILES string of the molecule is COc1c(C)cc(C)cc1C1(CCC(C)N)COC1. The number of benzene rings is 1. The Labute approximate surface area is 116 Å². The standard InChI is InChI=1S/C16H25NO2/c1-11-7-12(2)15(18-4)14(8-11)16(9-19-10-16)6-5-13(3)17/h7-8,13H,5-6,9-10,17H2,1-4H3. The van der Waals surface area contributed by atoms with Gasteiger partial charge in [-0.25, -0.2) is 0 Å². The van der Waals surface area contributed by atoms with Crippen LogP contribution in [0.3, 0.4) is 0 Å². The van der Waals surface area contributed by atoms with Crippen molar-refractivity contribution in [2.24, 2.45) is 5.73 Å². The van der Waals surface area contributed by atoms with E-state index in [4.69, 9.17) is 15.2 Å². The number of ether oxygens (including phenoxy) is 2. The minimum atomic E-state index is 0.0930. The molecule has 3 heteroatoms. The molecule has 0 spiro atoms. The Bertz CT molecular complexity index is 450. The summed E-state index contributed by atoms with van der Waals surface area (Å²) in [6, 6.07) is 4.64. The van der Waals surface area contributed by atoms with Crippen LogP contribution in [-0.2, 0) is 10.2 Å². The summed E-state index contributed by atoms with van der Waals surface area (Å²) in [5.74, 6) is 1.01. The first kappa shape index (κ1) is 14.4. The van der Waals surface area contributed by atoms with Gasteiger partial charge >= 0.3 is 0 Å². The maximum absolute atomic E-state index is 5.91. The third-order valence-corrected chi connectivity index (χ3v) is 4.03. The molecule has 0 saturated carbocycles. The highest BCUT2D eigenvalue weighted by Crippen LogP contribution is 2.43. The minimum absolute atomic E-state index is 0.0930. The van der Waals surface area contributed by atoms with E-state index in [1.807, 2.05) is 0 Å². The van der Waals surface area contributed by atoms with Gasteiger partial charge in [-0.05, 0) is 39.2 Å². The topological polar surface area (TPSA) is 44.5 Å². The Morgan fingerprint density at radius 3 is 2.53 bits per heavy atom. The first-order valence-corrected chi connectivity index (χ1v) is 6.97. The Kier molecular flexibility index (Phi) is 4.16. The Morgan fingerprint density at radius 2 is 2.05 bits per heavy atom. The summed E-state index contributed by atoms with van der Waals surface area (Å²) in [7, 11) is 1.75. The lowest BCUT2D eigenvalue weighted by atomic mass is 9.73. The van der Waals surface area contributed by atoms with Crippen molar-refractivity contribution >= 4 is 0 Å². The average molecular weight is 263 g/mol. The summed E-state index contributed by atoms with van der Waals surface area (Å²) < 4.78 is 11.1. The van der Waals surface area contributed by atoms with Crippen LogP contribution < -0.4 is 10.5 Å². The van der Waals surface area contributed by atoms with E-state index in [-0.39, 0.29) is 11.5 Å². The fourth-order valence-electron chi connectivity index (χ4n) is 2.91. The van der Waals surface area contributed by atoms with E-state index >= 15 is 0 Å². The Balaban J connectivity index is 2.37. The van der Waals surface area contributed by atoms with Gasteiger partial charge in [-0.3, -0.25) is 0 Å². The minimum Gasteiger partial charge on any atom is -0.496 e. The van der Waals surface area contributed by atoms with E-state index in [9.17, 15) is 0 Å². The molecule has 2 rings (SSSR count). The zero-order valence-electron chi connectivity index (χ0n) is 12.5. The second kappa shape index (κ2) is 5.51. The largest absolute Gasteiger partial charge is 0.496 e. The molecule has 1 aromatic rings. The van der Waals surface area contributed by atoms with E-state index < -0.39 is 0 Å². The van der Waals surface area contributed by atoms with Gasteiger partial charge in [0.05, 0.1) is 20.3 Å². The second-order valence-electron chi connectivity index (χ2n) is 5.95. The molecule has 1 aromatic carbocycles. The van der Waals surface area contributed by atoms with Crippen LogP contribution in [0.5, 0.6) is 5.75 Å². The van der Waals surface area contributed by atoms with E-state index in [1.165, 1.54) is 16.7 Å². The van der Waals surface area contributed by atoms with Crippen LogP contribution in [0.1, 0.15) is 36.5 Å². The van der Waals surface area contributed by atoms with Gasteiger partial charge in [-0.1, -0.05) is 17.7 Å². The highest BCUT2D eigenvalue weighted by atomic mass is 16.5. The number of hydrogen-bond donors (Lipinski definition) is 1. The summed E-state index contributed by atoms with van der Waals surface area (Å²) in [5, 5.41) is 0. The lowest BCUT2D eigenvalue weighted by Gasteiger charge is -2.43. The molecular formula is C16H25NO2. The van der Waals surface area contributed by atoms with Gasteiger partial charge < -0.3 is 15.2 Å². The number of nitrogens with two attached hydrogens (primary N) is 1. The van der Waals surface area contributed by atoms with Crippen molar-refractivity contribution in [3.8, 4) is 5.75 Å². The highest BCUT2D eigenvalue weighted by molar-refractivity contribution is 5.49. The van der Waals surface area contributed by atoms with E-state index in [0.717, 1.165) is 31.8 Å². The van der Waals surface area contributed by atoms with Crippen molar-refractivity contribution in [2.45, 2.75) is 45.1 Å². The van der Waals surface area contributed by atoms with Gasteiger partial charge in [-0.15, -0.1) is 0 Å². The smallest absolute Gasteiger partial charge is 0.125 e. The maximum atomic E-state index is 5.91. The van der Waals surface area contributed by atoms with E-state index in [2.05, 4.69) is 32.9 Å². The molecule has 3 nitrogen and oxygen atoms in total. The van der Waals surface area contributed by atoms with Crippen molar-refractivity contribution in [2.75, 3.05) is 20.3 Å². The molecule has 106 valence electrons. The molecular weight excluding hydrogens is 238 g/mol. The molecule has 1 aliphatic heterocycles. The molecule has 1 atom stereocenters. The predicted molar refractivity (Wildman–Crippen MR) is 77.8 cm³/mol. The van der Waals surface area contributed by atoms with Gasteiger partial charge in [-0.2, -0.15) is 0 Å². The number of methoxy groups -OCH3 is 1. The van der Waals surface area contributed by atoms with Gasteiger partial charge in [0, 0.05) is 17.0 Å². The van der Waals surface area contributed by atoms with E-state index in [0.29, 0.717) is 0 Å². The number of rotatable bonds is 5. The zero-order chi connectivity index (χ0) is 14.0. The molecule has 1 fully saturated rings. The number of aryl methyl sites for hydroxylation is 2. The molecule has 1 aliphatic rings. The van der Waals surface area contributed by atoms with Crippen LogP contribution in [0, 0.1) is 13.8 Å². The first-order valence-electron chi connectivity index (χ1n) is 6.97. The molecule has 2 N–H and O–H groups in total. The van der Waals surface area contributed by atoms with Gasteiger partial charge in [0.2, 0.25) is 0 Å². The summed E-state index contributed by atoms with van der Waals surface area (Å²) in [6.07, 6.45) is 2.07. The van der Waals surface area contributed by atoms with Crippen molar-refractivity contribution in [1.29, 1.82) is 0 Å². The monoisotopic (exact) mass is 263 g/mol. The van der Waals surface area contributed by atoms with Crippen molar-refractivity contribution in [3.63, 3.8) is 0 Å². The first-order chi connectivity index (χ1) is 8.98. The van der Waals surface area contributed by atoms with Gasteiger partial charge in [0.15, 0.2) is 0 Å². The molecule has 0 aliphatic carbocycles. The molecule has 0 bridgehead atoms. The van der Waals surface area contributed by atoms with Gasteiger partial charge in [0.1, 0.15) is 5.75 Å². The Hall–Kier alpha value is -1.06. The highest BCUT2D eigenvalue weighted by Gasteiger charge is 2.42. The molecule has 1 unspecified atom stereocenters. The summed E-state index contributed by atoms with van der Waals surface area (Å²) >= 11 is 0. The van der Waals surface area contributed by atoms with Crippen LogP contribution in [0.4, 0.5) is 0 Å². The lowest BCUT2D eigenvalue weighted by Crippen LogP contribution is -2.47.